The largest absolute Gasteiger partial charge is 0.459 e. The first-order chi connectivity index (χ1) is 15.4. The highest BCUT2D eigenvalue weighted by Gasteiger charge is 2.44. The van der Waals surface area contributed by atoms with E-state index in [4.69, 9.17) is 10.00 Å². The van der Waals surface area contributed by atoms with Gasteiger partial charge in [-0.2, -0.15) is 22.3 Å². The number of hydrogen-bond acceptors (Lipinski definition) is 6. The standard InChI is InChI=1S/C22H28N4O5S/c23-12-18-13-25(14-18)32(29,30)24-10-4-8-19(15-24)21(27)26-11-5-9-20(26)22(28)31-16-17-6-2-1-3-7-17/h1-3,6-7,18-20H,4-5,8-11,13-16H2/t19-,20?/m0/s1. The molecule has 3 aliphatic heterocycles. The maximum absolute atomic E-state index is 13.3. The van der Waals surface area contributed by atoms with Crippen LogP contribution in [0.3, 0.4) is 0 Å². The predicted molar refractivity (Wildman–Crippen MR) is 115 cm³/mol. The lowest BCUT2D eigenvalue weighted by atomic mass is 9.97. The minimum atomic E-state index is -3.67. The van der Waals surface area contributed by atoms with Gasteiger partial charge in [-0.05, 0) is 31.2 Å². The molecular weight excluding hydrogens is 432 g/mol. The molecule has 3 saturated heterocycles. The van der Waals surface area contributed by atoms with Crippen LogP contribution in [0.4, 0.5) is 0 Å². The van der Waals surface area contributed by atoms with Gasteiger partial charge in [0.1, 0.15) is 12.6 Å². The zero-order chi connectivity index (χ0) is 22.7. The Bertz CT molecular complexity index is 987. The van der Waals surface area contributed by atoms with Gasteiger partial charge < -0.3 is 9.64 Å². The summed E-state index contributed by atoms with van der Waals surface area (Å²) in [4.78, 5) is 27.5. The number of likely N-dealkylation sites (tertiary alicyclic amines) is 1. The number of carbonyl (C=O) groups excluding carboxylic acids is 2. The van der Waals surface area contributed by atoms with Crippen LogP contribution >= 0.6 is 0 Å². The molecule has 1 amide bonds. The third-order valence-electron chi connectivity index (χ3n) is 6.45. The number of ether oxygens (including phenoxy) is 1. The summed E-state index contributed by atoms with van der Waals surface area (Å²) in [6.07, 6.45) is 2.45. The first-order valence-electron chi connectivity index (χ1n) is 11.1. The van der Waals surface area contributed by atoms with Crippen molar-refractivity contribution in [3.63, 3.8) is 0 Å². The molecule has 10 heteroatoms. The van der Waals surface area contributed by atoms with Gasteiger partial charge in [-0.15, -0.1) is 0 Å². The Morgan fingerprint density at radius 3 is 2.47 bits per heavy atom. The normalized spacial score (nSPS) is 25.2. The van der Waals surface area contributed by atoms with Crippen molar-refractivity contribution in [3.05, 3.63) is 35.9 Å². The minimum Gasteiger partial charge on any atom is -0.459 e. The Kier molecular flexibility index (Phi) is 6.79. The zero-order valence-electron chi connectivity index (χ0n) is 17.9. The molecule has 0 bridgehead atoms. The summed E-state index contributed by atoms with van der Waals surface area (Å²) in [5, 5.41) is 8.92. The molecule has 1 unspecified atom stereocenters. The van der Waals surface area contributed by atoms with Crippen LogP contribution in [0.2, 0.25) is 0 Å². The molecule has 3 heterocycles. The molecular formula is C22H28N4O5S. The molecule has 0 aliphatic carbocycles. The highest BCUT2D eigenvalue weighted by Crippen LogP contribution is 2.29. The maximum atomic E-state index is 13.3. The van der Waals surface area contributed by atoms with E-state index in [9.17, 15) is 18.0 Å². The molecule has 0 saturated carbocycles. The van der Waals surface area contributed by atoms with Gasteiger partial charge in [-0.1, -0.05) is 30.3 Å². The molecule has 0 aromatic heterocycles. The van der Waals surface area contributed by atoms with E-state index >= 15 is 0 Å². The van der Waals surface area contributed by atoms with Crippen LogP contribution in [0.15, 0.2) is 30.3 Å². The average molecular weight is 461 g/mol. The minimum absolute atomic E-state index is 0.108. The third-order valence-corrected chi connectivity index (χ3v) is 8.38. The van der Waals surface area contributed by atoms with E-state index in [1.807, 2.05) is 30.3 Å². The van der Waals surface area contributed by atoms with Crippen LogP contribution in [0.5, 0.6) is 0 Å². The molecule has 3 aliphatic rings. The van der Waals surface area contributed by atoms with Gasteiger partial charge in [-0.25, -0.2) is 4.79 Å². The van der Waals surface area contributed by atoms with E-state index in [1.54, 1.807) is 4.90 Å². The van der Waals surface area contributed by atoms with Crippen LogP contribution in [0.1, 0.15) is 31.2 Å². The maximum Gasteiger partial charge on any atom is 0.329 e. The van der Waals surface area contributed by atoms with Crippen LogP contribution < -0.4 is 0 Å². The van der Waals surface area contributed by atoms with Crippen molar-refractivity contribution in [2.45, 2.75) is 38.3 Å². The van der Waals surface area contributed by atoms with E-state index in [0.717, 1.165) is 12.0 Å². The van der Waals surface area contributed by atoms with Gasteiger partial charge in [0, 0.05) is 32.7 Å². The summed E-state index contributed by atoms with van der Waals surface area (Å²) in [6.45, 7) is 1.51. The molecule has 0 radical (unpaired) electrons. The number of hydrogen-bond donors (Lipinski definition) is 0. The van der Waals surface area contributed by atoms with Crippen LogP contribution in [0, 0.1) is 23.2 Å². The lowest BCUT2D eigenvalue weighted by Crippen LogP contribution is -2.57. The van der Waals surface area contributed by atoms with E-state index in [-0.39, 0.29) is 38.1 Å². The van der Waals surface area contributed by atoms with Crippen molar-refractivity contribution < 1.29 is 22.7 Å². The quantitative estimate of drug-likeness (QED) is 0.589. The molecule has 172 valence electrons. The lowest BCUT2D eigenvalue weighted by molar-refractivity contribution is -0.156. The highest BCUT2D eigenvalue weighted by atomic mass is 32.2. The second-order valence-corrected chi connectivity index (χ2v) is 10.6. The Morgan fingerprint density at radius 1 is 1.03 bits per heavy atom. The number of nitriles is 1. The molecule has 1 aromatic rings. The van der Waals surface area contributed by atoms with Gasteiger partial charge in [0.15, 0.2) is 0 Å². The summed E-state index contributed by atoms with van der Waals surface area (Å²) in [5.41, 5.74) is 0.884. The van der Waals surface area contributed by atoms with Gasteiger partial charge in [0.05, 0.1) is 17.9 Å². The van der Waals surface area contributed by atoms with Gasteiger partial charge in [0.2, 0.25) is 5.91 Å². The Morgan fingerprint density at radius 2 is 1.75 bits per heavy atom. The molecule has 4 rings (SSSR count). The fourth-order valence-electron chi connectivity index (χ4n) is 4.56. The van der Waals surface area contributed by atoms with Gasteiger partial charge in [-0.3, -0.25) is 4.79 Å². The summed E-state index contributed by atoms with van der Waals surface area (Å²) in [7, 11) is -3.67. The zero-order valence-corrected chi connectivity index (χ0v) is 18.7. The molecule has 9 nitrogen and oxygen atoms in total. The van der Waals surface area contributed by atoms with Crippen molar-refractivity contribution in [3.8, 4) is 6.07 Å². The summed E-state index contributed by atoms with van der Waals surface area (Å²) in [5.74, 6) is -1.33. The molecule has 3 fully saturated rings. The van der Waals surface area contributed by atoms with Gasteiger partial charge >= 0.3 is 5.97 Å². The molecule has 32 heavy (non-hydrogen) atoms. The number of amides is 1. The molecule has 1 aromatic carbocycles. The van der Waals surface area contributed by atoms with Crippen LogP contribution in [-0.2, 0) is 31.1 Å². The third kappa shape index (κ3) is 4.65. The van der Waals surface area contributed by atoms with Crippen molar-refractivity contribution in [2.24, 2.45) is 11.8 Å². The van der Waals surface area contributed by atoms with Crippen molar-refractivity contribution in [1.82, 2.24) is 13.5 Å². The smallest absolute Gasteiger partial charge is 0.329 e. The number of esters is 1. The van der Waals surface area contributed by atoms with E-state index in [0.29, 0.717) is 32.4 Å². The number of carbonyl (C=O) groups is 2. The number of nitrogens with zero attached hydrogens (tertiary/aromatic N) is 4. The number of benzene rings is 1. The average Bonchev–Trinajstić information content (AvgIpc) is 3.27. The monoisotopic (exact) mass is 460 g/mol. The Labute approximate surface area is 188 Å². The second-order valence-electron chi connectivity index (χ2n) is 8.63. The predicted octanol–water partition coefficient (Wildman–Crippen LogP) is 1.13. The first-order valence-corrected chi connectivity index (χ1v) is 12.5. The van der Waals surface area contributed by atoms with Gasteiger partial charge in [0.25, 0.3) is 10.2 Å². The van der Waals surface area contributed by atoms with Crippen molar-refractivity contribution in [1.29, 1.82) is 5.26 Å². The Balaban J connectivity index is 1.36. The van der Waals surface area contributed by atoms with E-state index < -0.39 is 28.1 Å². The van der Waals surface area contributed by atoms with Crippen LogP contribution in [-0.4, -0.2) is 72.6 Å². The Hall–Kier alpha value is -2.48. The fourth-order valence-corrected chi connectivity index (χ4v) is 6.35. The summed E-state index contributed by atoms with van der Waals surface area (Å²) < 4.78 is 33.8. The molecule has 2 atom stereocenters. The van der Waals surface area contributed by atoms with E-state index in [1.165, 1.54) is 8.61 Å². The first kappa shape index (κ1) is 22.7. The second kappa shape index (κ2) is 9.57. The van der Waals surface area contributed by atoms with Crippen LogP contribution in [0.25, 0.3) is 0 Å². The van der Waals surface area contributed by atoms with Crippen molar-refractivity contribution >= 4 is 22.1 Å². The lowest BCUT2D eigenvalue weighted by Gasteiger charge is -2.41. The van der Waals surface area contributed by atoms with E-state index in [2.05, 4.69) is 6.07 Å². The number of rotatable bonds is 6. The SMILES string of the molecule is N#CC1CN(S(=O)(=O)N2CCC[C@H](C(=O)N3CCCC3C(=O)OCc3ccccc3)C2)C1. The topological polar surface area (TPSA) is 111 Å². The number of piperidine rings is 1. The fraction of sp³-hybridized carbons (Fsp3) is 0.591. The molecule has 0 spiro atoms. The van der Waals surface area contributed by atoms with Crippen molar-refractivity contribution in [2.75, 3.05) is 32.7 Å². The highest BCUT2D eigenvalue weighted by molar-refractivity contribution is 7.86. The summed E-state index contributed by atoms with van der Waals surface area (Å²) >= 11 is 0. The summed E-state index contributed by atoms with van der Waals surface area (Å²) in [6, 6.07) is 10.8. The molecule has 0 N–H and O–H groups in total.